The Bertz CT molecular complexity index is 639. The number of aryl methyl sites for hydroxylation is 1. The van der Waals surface area contributed by atoms with Crippen LogP contribution in [0.5, 0.6) is 0 Å². The SMILES string of the molecule is NC(Cc1ccc(Cl)cc1Cl)C1CCCc2ccccc21. The summed E-state index contributed by atoms with van der Waals surface area (Å²) < 4.78 is 0. The van der Waals surface area contributed by atoms with Gasteiger partial charge < -0.3 is 5.73 Å². The zero-order valence-corrected chi connectivity index (χ0v) is 13.4. The molecular weight excluding hydrogens is 301 g/mol. The second kappa shape index (κ2) is 6.39. The van der Waals surface area contributed by atoms with Crippen molar-refractivity contribution in [3.05, 3.63) is 69.2 Å². The van der Waals surface area contributed by atoms with E-state index in [0.29, 0.717) is 16.0 Å². The maximum atomic E-state index is 6.51. The van der Waals surface area contributed by atoms with Gasteiger partial charge in [0.25, 0.3) is 0 Å². The van der Waals surface area contributed by atoms with Gasteiger partial charge in [-0.2, -0.15) is 0 Å². The van der Waals surface area contributed by atoms with Crippen molar-refractivity contribution in [2.75, 3.05) is 0 Å². The second-order valence-corrected chi connectivity index (χ2v) is 6.64. The van der Waals surface area contributed by atoms with Crippen LogP contribution in [0.15, 0.2) is 42.5 Å². The number of rotatable bonds is 3. The lowest BCUT2D eigenvalue weighted by atomic mass is 9.77. The highest BCUT2D eigenvalue weighted by Crippen LogP contribution is 2.35. The average Bonchev–Trinajstić information content (AvgIpc) is 2.49. The Kier molecular flexibility index (Phi) is 4.54. The molecule has 0 aromatic heterocycles. The minimum absolute atomic E-state index is 0.0881. The zero-order chi connectivity index (χ0) is 14.8. The molecule has 1 nitrogen and oxygen atoms in total. The topological polar surface area (TPSA) is 26.0 Å². The van der Waals surface area contributed by atoms with Gasteiger partial charge in [-0.15, -0.1) is 0 Å². The first-order chi connectivity index (χ1) is 10.1. The normalized spacial score (nSPS) is 19.1. The van der Waals surface area contributed by atoms with Crippen molar-refractivity contribution in [3.8, 4) is 0 Å². The molecule has 110 valence electrons. The van der Waals surface area contributed by atoms with Crippen LogP contribution in [-0.4, -0.2) is 6.04 Å². The second-order valence-electron chi connectivity index (χ2n) is 5.80. The third-order valence-corrected chi connectivity index (χ3v) is 4.99. The van der Waals surface area contributed by atoms with E-state index in [1.165, 1.54) is 24.0 Å². The molecule has 0 radical (unpaired) electrons. The lowest BCUT2D eigenvalue weighted by Gasteiger charge is -2.30. The number of benzene rings is 2. The quantitative estimate of drug-likeness (QED) is 0.848. The number of hydrogen-bond donors (Lipinski definition) is 1. The van der Waals surface area contributed by atoms with E-state index in [1.807, 2.05) is 12.1 Å². The third-order valence-electron chi connectivity index (χ3n) is 4.40. The lowest BCUT2D eigenvalue weighted by molar-refractivity contribution is 0.460. The number of hydrogen-bond acceptors (Lipinski definition) is 1. The molecule has 0 aliphatic heterocycles. The van der Waals surface area contributed by atoms with Crippen molar-refractivity contribution in [1.82, 2.24) is 0 Å². The molecular formula is C18H19Cl2N. The Morgan fingerprint density at radius 1 is 1.14 bits per heavy atom. The highest BCUT2D eigenvalue weighted by Gasteiger charge is 2.25. The fraction of sp³-hybridized carbons (Fsp3) is 0.333. The van der Waals surface area contributed by atoms with Crippen molar-refractivity contribution < 1.29 is 0 Å². The minimum atomic E-state index is 0.0881. The molecule has 3 heteroatoms. The monoisotopic (exact) mass is 319 g/mol. The van der Waals surface area contributed by atoms with E-state index in [9.17, 15) is 0 Å². The average molecular weight is 320 g/mol. The zero-order valence-electron chi connectivity index (χ0n) is 11.9. The van der Waals surface area contributed by atoms with E-state index in [4.69, 9.17) is 28.9 Å². The number of fused-ring (bicyclic) bond motifs is 1. The molecule has 1 aliphatic rings. The smallest absolute Gasteiger partial charge is 0.0453 e. The van der Waals surface area contributed by atoms with E-state index >= 15 is 0 Å². The first kappa shape index (κ1) is 14.9. The van der Waals surface area contributed by atoms with Crippen LogP contribution in [-0.2, 0) is 12.8 Å². The molecule has 0 amide bonds. The molecule has 2 unspecified atom stereocenters. The molecule has 0 fully saturated rings. The maximum absolute atomic E-state index is 6.51. The van der Waals surface area contributed by atoms with Crippen LogP contribution in [0.4, 0.5) is 0 Å². The summed E-state index contributed by atoms with van der Waals surface area (Å²) in [7, 11) is 0. The fourth-order valence-corrected chi connectivity index (χ4v) is 3.81. The van der Waals surface area contributed by atoms with E-state index < -0.39 is 0 Å². The van der Waals surface area contributed by atoms with Gasteiger partial charge in [-0.3, -0.25) is 0 Å². The van der Waals surface area contributed by atoms with Crippen molar-refractivity contribution in [2.24, 2.45) is 5.73 Å². The first-order valence-corrected chi connectivity index (χ1v) is 8.18. The summed E-state index contributed by atoms with van der Waals surface area (Å²) in [6, 6.07) is 14.4. The fourth-order valence-electron chi connectivity index (χ4n) is 3.32. The van der Waals surface area contributed by atoms with Crippen LogP contribution in [0.3, 0.4) is 0 Å². The van der Waals surface area contributed by atoms with E-state index in [2.05, 4.69) is 24.3 Å². The Balaban J connectivity index is 1.81. The first-order valence-electron chi connectivity index (χ1n) is 7.42. The third kappa shape index (κ3) is 3.26. The van der Waals surface area contributed by atoms with Gasteiger partial charge >= 0.3 is 0 Å². The number of halogens is 2. The van der Waals surface area contributed by atoms with Crippen molar-refractivity contribution in [3.63, 3.8) is 0 Å². The standard InChI is InChI=1S/C18H19Cl2N/c19-14-9-8-13(17(20)11-14)10-18(21)16-7-3-5-12-4-1-2-6-15(12)16/h1-2,4,6,8-9,11,16,18H,3,5,7,10,21H2. The largest absolute Gasteiger partial charge is 0.327 e. The molecule has 0 bridgehead atoms. The molecule has 0 saturated heterocycles. The Morgan fingerprint density at radius 2 is 1.95 bits per heavy atom. The van der Waals surface area contributed by atoms with Crippen molar-refractivity contribution in [1.29, 1.82) is 0 Å². The molecule has 2 aromatic carbocycles. The van der Waals surface area contributed by atoms with Gasteiger partial charge in [0.2, 0.25) is 0 Å². The molecule has 0 saturated carbocycles. The Morgan fingerprint density at radius 3 is 2.76 bits per heavy atom. The summed E-state index contributed by atoms with van der Waals surface area (Å²) in [5.74, 6) is 0.418. The van der Waals surface area contributed by atoms with Gasteiger partial charge in [0, 0.05) is 16.1 Å². The van der Waals surface area contributed by atoms with Crippen LogP contribution in [0.2, 0.25) is 10.0 Å². The summed E-state index contributed by atoms with van der Waals surface area (Å²) in [5.41, 5.74) is 10.5. The molecule has 2 aromatic rings. The highest BCUT2D eigenvalue weighted by molar-refractivity contribution is 6.35. The Hall–Kier alpha value is -1.02. The predicted molar refractivity (Wildman–Crippen MR) is 90.3 cm³/mol. The van der Waals surface area contributed by atoms with Crippen LogP contribution >= 0.6 is 23.2 Å². The van der Waals surface area contributed by atoms with Crippen LogP contribution in [0.1, 0.15) is 35.4 Å². The molecule has 3 rings (SSSR count). The van der Waals surface area contributed by atoms with Crippen LogP contribution < -0.4 is 5.73 Å². The van der Waals surface area contributed by atoms with Gasteiger partial charge in [0.05, 0.1) is 0 Å². The maximum Gasteiger partial charge on any atom is 0.0453 e. The van der Waals surface area contributed by atoms with Crippen LogP contribution in [0.25, 0.3) is 0 Å². The molecule has 2 N–H and O–H groups in total. The molecule has 0 heterocycles. The van der Waals surface area contributed by atoms with Crippen molar-refractivity contribution in [2.45, 2.75) is 37.6 Å². The lowest BCUT2D eigenvalue weighted by Crippen LogP contribution is -2.33. The van der Waals surface area contributed by atoms with E-state index in [-0.39, 0.29) is 6.04 Å². The summed E-state index contributed by atoms with van der Waals surface area (Å²) >= 11 is 12.2. The van der Waals surface area contributed by atoms with Gasteiger partial charge in [0.15, 0.2) is 0 Å². The molecule has 0 spiro atoms. The summed E-state index contributed by atoms with van der Waals surface area (Å²) in [6.45, 7) is 0. The summed E-state index contributed by atoms with van der Waals surface area (Å²) in [6.07, 6.45) is 4.32. The summed E-state index contributed by atoms with van der Waals surface area (Å²) in [4.78, 5) is 0. The highest BCUT2D eigenvalue weighted by atomic mass is 35.5. The van der Waals surface area contributed by atoms with Gasteiger partial charge in [-0.25, -0.2) is 0 Å². The van der Waals surface area contributed by atoms with E-state index in [1.54, 1.807) is 6.07 Å². The minimum Gasteiger partial charge on any atom is -0.327 e. The van der Waals surface area contributed by atoms with Gasteiger partial charge in [-0.1, -0.05) is 53.5 Å². The summed E-state index contributed by atoms with van der Waals surface area (Å²) in [5, 5.41) is 1.38. The molecule has 21 heavy (non-hydrogen) atoms. The molecule has 1 aliphatic carbocycles. The Labute approximate surface area is 136 Å². The number of nitrogens with two attached hydrogens (primary N) is 1. The van der Waals surface area contributed by atoms with Gasteiger partial charge in [-0.05, 0) is 60.4 Å². The van der Waals surface area contributed by atoms with Crippen molar-refractivity contribution >= 4 is 23.2 Å². The van der Waals surface area contributed by atoms with E-state index in [0.717, 1.165) is 18.4 Å². The van der Waals surface area contributed by atoms with Crippen LogP contribution in [0, 0.1) is 0 Å². The molecule has 2 atom stereocenters. The van der Waals surface area contributed by atoms with Gasteiger partial charge in [0.1, 0.15) is 0 Å². The predicted octanol–water partition coefficient (Wildman–Crippen LogP) is 4.98.